The largest absolute Gasteiger partial charge is 0.476 e. The first kappa shape index (κ1) is 22.3. The maximum absolute atomic E-state index is 15.7. The van der Waals surface area contributed by atoms with E-state index in [9.17, 15) is 13.6 Å². The van der Waals surface area contributed by atoms with Crippen molar-refractivity contribution in [2.45, 2.75) is 36.2 Å². The Bertz CT molecular complexity index is 1310. The molecule has 0 atom stereocenters. The molecule has 1 aliphatic heterocycles. The number of nitrogens with one attached hydrogen (secondary N) is 1. The summed E-state index contributed by atoms with van der Waals surface area (Å²) in [7, 11) is 0. The van der Waals surface area contributed by atoms with Crippen molar-refractivity contribution in [1.82, 2.24) is 9.97 Å². The molecule has 2 aliphatic rings. The molecule has 1 aromatic heterocycles. The van der Waals surface area contributed by atoms with Gasteiger partial charge in [0.05, 0.1) is 16.2 Å². The quantitative estimate of drug-likeness (QED) is 0.470. The molecule has 1 fully saturated rings. The van der Waals surface area contributed by atoms with E-state index in [4.69, 9.17) is 10.5 Å². The van der Waals surface area contributed by atoms with E-state index in [2.05, 4.69) is 14.7 Å². The average Bonchev–Trinajstić information content (AvgIpc) is 3.40. The Morgan fingerprint density at radius 2 is 1.74 bits per heavy atom. The number of benzene rings is 2. The van der Waals surface area contributed by atoms with Crippen LogP contribution in [0.5, 0.6) is 0 Å². The summed E-state index contributed by atoms with van der Waals surface area (Å²) in [6, 6.07) is 9.44. The third kappa shape index (κ3) is 3.77. The molecule has 0 saturated heterocycles. The Hall–Kier alpha value is -3.53. The minimum atomic E-state index is -1.06. The zero-order valence-electron chi connectivity index (χ0n) is 17.8. The minimum Gasteiger partial charge on any atom is -0.476 e. The number of ether oxygens (including phenoxy) is 1. The smallest absolute Gasteiger partial charge is 0.220 e. The van der Waals surface area contributed by atoms with Gasteiger partial charge in [0.15, 0.2) is 17.2 Å². The van der Waals surface area contributed by atoms with Crippen LogP contribution in [0.2, 0.25) is 0 Å². The molecule has 6 nitrogen and oxygen atoms in total. The normalized spacial score (nSPS) is 16.9. The summed E-state index contributed by atoms with van der Waals surface area (Å²) in [4.78, 5) is 21.3. The lowest BCUT2D eigenvalue weighted by Gasteiger charge is -2.22. The number of aromatic nitrogens is 2. The zero-order chi connectivity index (χ0) is 23.9. The Morgan fingerprint density at radius 1 is 1.03 bits per heavy atom. The van der Waals surface area contributed by atoms with Crippen LogP contribution in [0.4, 0.5) is 24.8 Å². The van der Waals surface area contributed by atoms with E-state index in [1.807, 2.05) is 0 Å². The molecule has 34 heavy (non-hydrogen) atoms. The van der Waals surface area contributed by atoms with Crippen molar-refractivity contribution in [1.29, 1.82) is 0 Å². The maximum Gasteiger partial charge on any atom is 0.220 e. The van der Waals surface area contributed by atoms with E-state index < -0.39 is 23.1 Å². The summed E-state index contributed by atoms with van der Waals surface area (Å²) in [6.45, 7) is 0. The molecule has 0 unspecified atom stereocenters. The monoisotopic (exact) mass is 484 g/mol. The number of nitrogens with two attached hydrogens (primary N) is 1. The van der Waals surface area contributed by atoms with Gasteiger partial charge in [-0.05, 0) is 61.9 Å². The average molecular weight is 485 g/mol. The highest BCUT2D eigenvalue weighted by molar-refractivity contribution is 8.00. The number of carbonyl (C=O) groups excluding carboxylic acids is 1. The Kier molecular flexibility index (Phi) is 5.68. The van der Waals surface area contributed by atoms with Crippen molar-refractivity contribution in [2.75, 3.05) is 10.5 Å². The number of carbonyl (C=O) groups is 1. The number of ketones is 1. The molecule has 1 spiro atoms. The number of hydrogen-bond acceptors (Lipinski definition) is 7. The molecule has 2 aromatic carbocycles. The van der Waals surface area contributed by atoms with E-state index in [1.54, 1.807) is 12.1 Å². The molecule has 1 aliphatic carbocycles. The van der Waals surface area contributed by atoms with Crippen LogP contribution < -0.4 is 10.5 Å². The number of anilines is 2. The number of hydrogen-bond donors (Lipinski definition) is 2. The van der Waals surface area contributed by atoms with E-state index in [0.29, 0.717) is 24.8 Å². The Morgan fingerprint density at radius 3 is 2.44 bits per heavy atom. The molecule has 5 rings (SSSR count). The van der Waals surface area contributed by atoms with Gasteiger partial charge in [-0.25, -0.2) is 23.1 Å². The second kappa shape index (κ2) is 8.68. The topological polar surface area (TPSA) is 90.1 Å². The highest BCUT2D eigenvalue weighted by Gasteiger charge is 2.52. The van der Waals surface area contributed by atoms with E-state index >= 15 is 4.39 Å². The molecule has 2 heterocycles. The predicted octanol–water partition coefficient (Wildman–Crippen LogP) is 5.38. The van der Waals surface area contributed by atoms with Gasteiger partial charge in [0.25, 0.3) is 0 Å². The Balaban J connectivity index is 1.56. The summed E-state index contributed by atoms with van der Waals surface area (Å²) in [6.07, 6.45) is 4.09. The highest BCUT2D eigenvalue weighted by Crippen LogP contribution is 2.49. The summed E-state index contributed by atoms with van der Waals surface area (Å²) in [5, 5.41) is 0. The third-order valence-corrected chi connectivity index (χ3v) is 6.85. The van der Waals surface area contributed by atoms with Crippen LogP contribution in [0.25, 0.3) is 11.3 Å². The summed E-state index contributed by atoms with van der Waals surface area (Å²) < 4.78 is 52.5. The van der Waals surface area contributed by atoms with Crippen LogP contribution in [0.3, 0.4) is 0 Å². The van der Waals surface area contributed by atoms with E-state index in [0.717, 1.165) is 25.0 Å². The maximum atomic E-state index is 15.7. The lowest BCUT2D eigenvalue weighted by atomic mass is 9.89. The SMILES string of the molecule is Nc1nccc(C2=C(c3cccc(NSc4c(F)cccc4F)c3F)C(=O)C3(CCCC3)O2)n1. The molecule has 3 aromatic rings. The minimum absolute atomic E-state index is 0.000522. The molecule has 1 saturated carbocycles. The van der Waals surface area contributed by atoms with Crippen molar-refractivity contribution in [3.63, 3.8) is 0 Å². The van der Waals surface area contributed by atoms with Crippen LogP contribution >= 0.6 is 11.9 Å². The van der Waals surface area contributed by atoms with Gasteiger partial charge in [-0.15, -0.1) is 0 Å². The number of halogens is 3. The third-order valence-electron chi connectivity index (χ3n) is 5.93. The van der Waals surface area contributed by atoms with Crippen molar-refractivity contribution in [3.8, 4) is 0 Å². The molecule has 10 heteroatoms. The van der Waals surface area contributed by atoms with Crippen molar-refractivity contribution in [3.05, 3.63) is 77.4 Å². The molecule has 0 amide bonds. The van der Waals surface area contributed by atoms with Gasteiger partial charge in [-0.2, -0.15) is 0 Å². The van der Waals surface area contributed by atoms with Crippen LogP contribution in [0, 0.1) is 17.5 Å². The lowest BCUT2D eigenvalue weighted by Crippen LogP contribution is -2.33. The molecule has 0 radical (unpaired) electrons. The van der Waals surface area contributed by atoms with E-state index in [-0.39, 0.29) is 44.9 Å². The predicted molar refractivity (Wildman–Crippen MR) is 123 cm³/mol. The number of Topliss-reactive ketones (excluding diaryl/α,β-unsaturated/α-hetero) is 1. The second-order valence-electron chi connectivity index (χ2n) is 8.06. The summed E-state index contributed by atoms with van der Waals surface area (Å²) in [5.74, 6) is -2.49. The van der Waals surface area contributed by atoms with Gasteiger partial charge in [-0.1, -0.05) is 18.2 Å². The molecule has 3 N–H and O–H groups in total. The van der Waals surface area contributed by atoms with Gasteiger partial charge >= 0.3 is 0 Å². The van der Waals surface area contributed by atoms with Crippen molar-refractivity contribution < 1.29 is 22.7 Å². The van der Waals surface area contributed by atoms with Gasteiger partial charge in [0.2, 0.25) is 11.7 Å². The van der Waals surface area contributed by atoms with Crippen LogP contribution in [-0.2, 0) is 9.53 Å². The number of rotatable bonds is 5. The Labute approximate surface area is 197 Å². The highest BCUT2D eigenvalue weighted by atomic mass is 32.2. The van der Waals surface area contributed by atoms with Crippen molar-refractivity contribution in [2.24, 2.45) is 0 Å². The molecular formula is C24H19F3N4O2S. The summed E-state index contributed by atoms with van der Waals surface area (Å²) >= 11 is 0.602. The zero-order valence-corrected chi connectivity index (χ0v) is 18.6. The molecular weight excluding hydrogens is 465 g/mol. The standard InChI is InChI=1S/C24H19F3N4O2S/c25-14-6-4-7-15(26)21(14)34-31-16-8-3-5-13(19(16)27)18-20(17-9-12-29-23(28)30-17)33-24(22(18)32)10-1-2-11-24/h3-9,12,31H,1-2,10-11H2,(H2,28,29,30). The van der Waals surface area contributed by atoms with Crippen LogP contribution in [0.15, 0.2) is 53.6 Å². The summed E-state index contributed by atoms with van der Waals surface area (Å²) in [5.41, 5.74) is 4.96. The first-order valence-electron chi connectivity index (χ1n) is 10.6. The van der Waals surface area contributed by atoms with Crippen molar-refractivity contribution >= 4 is 40.7 Å². The second-order valence-corrected chi connectivity index (χ2v) is 8.88. The fourth-order valence-electron chi connectivity index (χ4n) is 4.31. The van der Waals surface area contributed by atoms with Gasteiger partial charge in [0, 0.05) is 11.8 Å². The fraction of sp³-hybridized carbons (Fsp3) is 0.208. The first-order chi connectivity index (χ1) is 16.4. The molecule has 0 bridgehead atoms. The van der Waals surface area contributed by atoms with Gasteiger partial charge in [0.1, 0.15) is 17.3 Å². The first-order valence-corrected chi connectivity index (χ1v) is 11.4. The fourth-order valence-corrected chi connectivity index (χ4v) is 5.01. The number of nitrogens with zero attached hydrogens (tertiary/aromatic N) is 2. The van der Waals surface area contributed by atoms with E-state index in [1.165, 1.54) is 24.4 Å². The number of nitrogen functional groups attached to an aromatic ring is 1. The lowest BCUT2D eigenvalue weighted by molar-refractivity contribution is -0.127. The molecule has 174 valence electrons. The van der Waals surface area contributed by atoms with Crippen LogP contribution in [-0.4, -0.2) is 21.4 Å². The van der Waals surface area contributed by atoms with Gasteiger partial charge < -0.3 is 15.2 Å². The van der Waals surface area contributed by atoms with Gasteiger partial charge in [-0.3, -0.25) is 4.79 Å². The van der Waals surface area contributed by atoms with Crippen LogP contribution in [0.1, 0.15) is 36.9 Å².